The van der Waals surface area contributed by atoms with Crippen molar-refractivity contribution < 1.29 is 15.3 Å². The average molecular weight is 358 g/mol. The summed E-state index contributed by atoms with van der Waals surface area (Å²) in [6, 6.07) is 0. The van der Waals surface area contributed by atoms with Crippen molar-refractivity contribution in [3.8, 4) is 0 Å². The molecule has 1 aromatic rings. The smallest absolute Gasteiger partial charge is 0.0870 e. The Balaban J connectivity index is 1.61. The molecule has 5 rings (SSSR count). The minimum Gasteiger partial charge on any atom is -0.392 e. The lowest BCUT2D eigenvalue weighted by Gasteiger charge is -2.59. The number of H-pyrrole nitrogens is 1. The summed E-state index contributed by atoms with van der Waals surface area (Å²) in [7, 11) is 0. The standard InChI is InChI=1S/C21H30N2O3/c1-20(2)12-4-5-13-17(11(12)6-16(20)24)19(26)18(25)14-7-15-10(9-22-23-15)8-21(13,14)3/h9,13-14,16-19,24-26H,4-8H2,1-3H3,(H,22,23)/t13-,14+,16+,17-,18+,19+,21+/m0/s1. The zero-order valence-corrected chi connectivity index (χ0v) is 15.9. The fraction of sp³-hybridized carbons (Fsp3) is 0.762. The highest BCUT2D eigenvalue weighted by molar-refractivity contribution is 5.38. The Kier molecular flexibility index (Phi) is 3.40. The second-order valence-corrected chi connectivity index (χ2v) is 9.96. The van der Waals surface area contributed by atoms with Crippen molar-refractivity contribution in [1.29, 1.82) is 0 Å². The van der Waals surface area contributed by atoms with Crippen molar-refractivity contribution in [2.24, 2.45) is 28.6 Å². The third-order valence-corrected chi connectivity index (χ3v) is 8.58. The fourth-order valence-corrected chi connectivity index (χ4v) is 6.96. The van der Waals surface area contributed by atoms with Crippen LogP contribution < -0.4 is 0 Å². The molecule has 1 aromatic heterocycles. The van der Waals surface area contributed by atoms with E-state index in [2.05, 4.69) is 31.0 Å². The molecule has 7 atom stereocenters. The third kappa shape index (κ3) is 1.94. The van der Waals surface area contributed by atoms with Crippen LogP contribution in [0.5, 0.6) is 0 Å². The van der Waals surface area contributed by atoms with Gasteiger partial charge in [0.25, 0.3) is 0 Å². The van der Waals surface area contributed by atoms with Gasteiger partial charge in [-0.3, -0.25) is 5.10 Å². The minimum atomic E-state index is -0.742. The zero-order valence-electron chi connectivity index (χ0n) is 15.9. The lowest BCUT2D eigenvalue weighted by atomic mass is 9.47. The number of fused-ring (bicyclic) bond motifs is 5. The molecule has 4 aliphatic rings. The van der Waals surface area contributed by atoms with E-state index in [-0.39, 0.29) is 28.8 Å². The lowest BCUT2D eigenvalue weighted by Crippen LogP contribution is -2.61. The van der Waals surface area contributed by atoms with Gasteiger partial charge in [-0.05, 0) is 54.9 Å². The van der Waals surface area contributed by atoms with E-state index in [0.717, 1.165) is 31.4 Å². The van der Waals surface area contributed by atoms with Crippen LogP contribution in [0.2, 0.25) is 0 Å². The van der Waals surface area contributed by atoms with Crippen molar-refractivity contribution in [2.45, 2.75) is 71.2 Å². The van der Waals surface area contributed by atoms with Gasteiger partial charge in [-0.2, -0.15) is 5.10 Å². The molecule has 4 N–H and O–H groups in total. The first kappa shape index (κ1) is 17.0. The summed E-state index contributed by atoms with van der Waals surface area (Å²) >= 11 is 0. The quantitative estimate of drug-likeness (QED) is 0.534. The van der Waals surface area contributed by atoms with Crippen molar-refractivity contribution in [3.63, 3.8) is 0 Å². The second kappa shape index (κ2) is 5.21. The second-order valence-electron chi connectivity index (χ2n) is 9.96. The van der Waals surface area contributed by atoms with E-state index in [4.69, 9.17) is 0 Å². The van der Waals surface area contributed by atoms with Crippen LogP contribution >= 0.6 is 0 Å². The summed E-state index contributed by atoms with van der Waals surface area (Å²) in [5, 5.41) is 40.1. The topological polar surface area (TPSA) is 89.4 Å². The Morgan fingerprint density at radius 1 is 1.08 bits per heavy atom. The van der Waals surface area contributed by atoms with E-state index in [1.54, 1.807) is 0 Å². The van der Waals surface area contributed by atoms with Gasteiger partial charge in [-0.15, -0.1) is 0 Å². The molecule has 0 aliphatic heterocycles. The number of aliphatic hydroxyl groups excluding tert-OH is 3. The van der Waals surface area contributed by atoms with Gasteiger partial charge < -0.3 is 15.3 Å². The van der Waals surface area contributed by atoms with E-state index >= 15 is 0 Å². The highest BCUT2D eigenvalue weighted by Gasteiger charge is 2.61. The monoisotopic (exact) mass is 358 g/mol. The summed E-state index contributed by atoms with van der Waals surface area (Å²) in [6.45, 7) is 6.55. The van der Waals surface area contributed by atoms with Crippen LogP contribution in [0.3, 0.4) is 0 Å². The van der Waals surface area contributed by atoms with Gasteiger partial charge in [0, 0.05) is 17.0 Å². The predicted molar refractivity (Wildman–Crippen MR) is 97.3 cm³/mol. The number of hydrogen-bond donors (Lipinski definition) is 4. The van der Waals surface area contributed by atoms with Crippen LogP contribution in [-0.4, -0.2) is 43.8 Å². The molecule has 0 spiro atoms. The largest absolute Gasteiger partial charge is 0.392 e. The molecule has 26 heavy (non-hydrogen) atoms. The van der Waals surface area contributed by atoms with Gasteiger partial charge in [-0.1, -0.05) is 31.9 Å². The Bertz CT molecular complexity index is 782. The summed E-state index contributed by atoms with van der Waals surface area (Å²) < 4.78 is 0. The Hall–Kier alpha value is -1.17. The van der Waals surface area contributed by atoms with Gasteiger partial charge in [0.15, 0.2) is 0 Å². The molecule has 5 nitrogen and oxygen atoms in total. The van der Waals surface area contributed by atoms with Crippen LogP contribution in [0.4, 0.5) is 0 Å². The number of aliphatic hydroxyl groups is 3. The fourth-order valence-electron chi connectivity index (χ4n) is 6.96. The van der Waals surface area contributed by atoms with Crippen LogP contribution in [-0.2, 0) is 12.8 Å². The molecular weight excluding hydrogens is 328 g/mol. The van der Waals surface area contributed by atoms with E-state index in [0.29, 0.717) is 12.3 Å². The molecule has 1 heterocycles. The summed E-state index contributed by atoms with van der Waals surface area (Å²) in [6.07, 6.45) is 4.42. The zero-order chi connectivity index (χ0) is 18.4. The van der Waals surface area contributed by atoms with E-state index in [1.807, 2.05) is 6.20 Å². The van der Waals surface area contributed by atoms with Gasteiger partial charge in [0.1, 0.15) is 0 Å². The highest BCUT2D eigenvalue weighted by atomic mass is 16.3. The number of nitrogens with one attached hydrogen (secondary N) is 1. The van der Waals surface area contributed by atoms with Crippen LogP contribution in [0.25, 0.3) is 0 Å². The molecule has 0 aromatic carbocycles. The number of hydrogen-bond acceptors (Lipinski definition) is 4. The van der Waals surface area contributed by atoms with Crippen molar-refractivity contribution >= 4 is 0 Å². The summed E-state index contributed by atoms with van der Waals surface area (Å²) in [5.74, 6) is 0.363. The number of nitrogens with zero attached hydrogens (tertiary/aromatic N) is 1. The van der Waals surface area contributed by atoms with Crippen molar-refractivity contribution in [3.05, 3.63) is 28.6 Å². The molecule has 0 unspecified atom stereocenters. The van der Waals surface area contributed by atoms with Crippen molar-refractivity contribution in [2.75, 3.05) is 0 Å². The molecular formula is C21H30N2O3. The third-order valence-electron chi connectivity index (χ3n) is 8.58. The highest BCUT2D eigenvalue weighted by Crippen LogP contribution is 2.62. The molecule has 0 amide bonds. The van der Waals surface area contributed by atoms with Gasteiger partial charge in [0.05, 0.1) is 24.5 Å². The number of aromatic amines is 1. The minimum absolute atomic E-state index is 0.0279. The summed E-state index contributed by atoms with van der Waals surface area (Å²) in [4.78, 5) is 0. The number of rotatable bonds is 0. The van der Waals surface area contributed by atoms with E-state index in [9.17, 15) is 15.3 Å². The van der Waals surface area contributed by atoms with Crippen LogP contribution in [0, 0.1) is 28.6 Å². The Labute approximate surface area is 154 Å². The lowest BCUT2D eigenvalue weighted by molar-refractivity contribution is -0.160. The van der Waals surface area contributed by atoms with Crippen LogP contribution in [0.15, 0.2) is 17.3 Å². The van der Waals surface area contributed by atoms with Crippen LogP contribution in [0.1, 0.15) is 51.3 Å². The first-order valence-electron chi connectivity index (χ1n) is 10.0. The van der Waals surface area contributed by atoms with Gasteiger partial charge >= 0.3 is 0 Å². The molecule has 0 saturated heterocycles. The van der Waals surface area contributed by atoms with Gasteiger partial charge in [-0.25, -0.2) is 0 Å². The molecule has 5 heteroatoms. The molecule has 142 valence electrons. The first-order valence-corrected chi connectivity index (χ1v) is 10.0. The molecule has 4 aliphatic carbocycles. The maximum absolute atomic E-state index is 11.1. The average Bonchev–Trinajstić information content (AvgIpc) is 3.13. The normalized spacial score (nSPS) is 46.4. The maximum atomic E-state index is 11.1. The van der Waals surface area contributed by atoms with E-state index in [1.165, 1.54) is 16.7 Å². The molecule has 1 saturated carbocycles. The van der Waals surface area contributed by atoms with Gasteiger partial charge in [0.2, 0.25) is 0 Å². The van der Waals surface area contributed by atoms with E-state index < -0.39 is 12.2 Å². The SMILES string of the molecule is CC1(C)C2=C(C[C@H]1O)[C@@H]1[C@@H](O)[C@H](O)[C@H]3Cc4[nH]ncc4C[C@]3(C)[C@H]1CC2. The Morgan fingerprint density at radius 3 is 2.62 bits per heavy atom. The summed E-state index contributed by atoms with van der Waals surface area (Å²) in [5.41, 5.74) is 4.69. The maximum Gasteiger partial charge on any atom is 0.0870 e. The van der Waals surface area contributed by atoms with Crippen molar-refractivity contribution in [1.82, 2.24) is 10.2 Å². The first-order chi connectivity index (χ1) is 12.2. The molecule has 0 radical (unpaired) electrons. The number of aromatic nitrogens is 2. The molecule has 1 fully saturated rings. The Morgan fingerprint density at radius 2 is 1.85 bits per heavy atom. The predicted octanol–water partition coefficient (Wildman–Crippen LogP) is 1.98. The molecule has 0 bridgehead atoms.